The Morgan fingerprint density at radius 3 is 2.54 bits per heavy atom. The summed E-state index contributed by atoms with van der Waals surface area (Å²) in [5, 5.41) is 19.7. The lowest BCUT2D eigenvalue weighted by molar-refractivity contribution is -0.151. The van der Waals surface area contributed by atoms with E-state index in [1.807, 2.05) is 13.0 Å². The van der Waals surface area contributed by atoms with Crippen LogP contribution in [0.5, 0.6) is 11.8 Å². The number of rotatable bonds is 10. The molecule has 6 aliphatic rings. The highest BCUT2D eigenvalue weighted by molar-refractivity contribution is 6.09. The minimum Gasteiger partial charge on any atom is -0.508 e. The summed E-state index contributed by atoms with van der Waals surface area (Å²) in [6, 6.07) is 8.81. The number of benzene rings is 3. The van der Waals surface area contributed by atoms with Gasteiger partial charge in [-0.05, 0) is 121 Å². The van der Waals surface area contributed by atoms with Gasteiger partial charge in [0.25, 0.3) is 0 Å². The number of fused-ring (bicyclic) bond motifs is 3. The van der Waals surface area contributed by atoms with Crippen LogP contribution in [-0.2, 0) is 23.0 Å². The molecule has 6 aromatic rings. The van der Waals surface area contributed by atoms with Crippen LogP contribution in [0, 0.1) is 28.3 Å². The van der Waals surface area contributed by atoms with Gasteiger partial charge in [0.15, 0.2) is 11.6 Å². The highest BCUT2D eigenvalue weighted by Gasteiger charge is 2.53. The predicted molar refractivity (Wildman–Crippen MR) is 245 cm³/mol. The number of amides is 3. The Hall–Kier alpha value is -6.07. The lowest BCUT2D eigenvalue weighted by Crippen LogP contribution is -2.56. The zero-order valence-electron chi connectivity index (χ0n) is 37.6. The van der Waals surface area contributed by atoms with Gasteiger partial charge in [0, 0.05) is 75.2 Å². The van der Waals surface area contributed by atoms with Crippen molar-refractivity contribution in [3.63, 3.8) is 0 Å². The van der Waals surface area contributed by atoms with Crippen LogP contribution < -0.4 is 19.9 Å². The lowest BCUT2D eigenvalue weighted by atomic mass is 9.59. The third kappa shape index (κ3) is 7.13. The van der Waals surface area contributed by atoms with Crippen LogP contribution in [0.4, 0.5) is 29.6 Å². The van der Waals surface area contributed by atoms with E-state index in [0.717, 1.165) is 76.5 Å². The van der Waals surface area contributed by atoms with E-state index in [0.29, 0.717) is 77.0 Å². The number of pyridine rings is 1. The number of carbonyl (C=O) groups excluding carboxylic acids is 2. The summed E-state index contributed by atoms with van der Waals surface area (Å²) >= 11 is 0. The minimum absolute atomic E-state index is 0.0426. The molecule has 14 nitrogen and oxygen atoms in total. The molecule has 2 spiro atoms. The van der Waals surface area contributed by atoms with Crippen LogP contribution in [0.1, 0.15) is 81.8 Å². The number of ether oxygens (including phenoxy) is 2. The predicted octanol–water partition coefficient (Wildman–Crippen LogP) is 8.05. The second-order valence-corrected chi connectivity index (χ2v) is 20.2. The summed E-state index contributed by atoms with van der Waals surface area (Å²) in [6.07, 6.45) is 9.60. The number of aromatic hydroxyl groups is 1. The Morgan fingerprint density at radius 1 is 0.940 bits per heavy atom. The van der Waals surface area contributed by atoms with E-state index in [9.17, 15) is 14.7 Å². The number of anilines is 2. The van der Waals surface area contributed by atoms with Gasteiger partial charge in [-0.15, -0.1) is 0 Å². The van der Waals surface area contributed by atoms with E-state index in [1.54, 1.807) is 30.1 Å². The van der Waals surface area contributed by atoms with E-state index in [4.69, 9.17) is 19.4 Å². The first kappa shape index (κ1) is 42.3. The SMILES string of the molecule is CCc1c(F)ccc2cc(O)cc(-c3ncc4c(N5CCC[C@]6(CCO6)C5)nc(OCC5(CN6CCC7(CC(c8cc9c(cc8F)c(N8CCC(=O)NC8=O)nn9C)C7)C6)CC5)nc4c3F)c12. The number of urea groups is 1. The molecular formula is C50H52F3N9O5. The standard InChI is InChI=1S/C50H52F3N9O5/c1-3-31-36(51)6-5-28-17-30(63)18-34(40(28)31)42-41(53)43-35(23-54-42)44(61-13-4-8-50(26-61)12-16-67-50)57-46(56-43)66-27-48(9-10-48)24-60-15-11-49(25-60)21-29(22-49)32-20-38-33(19-37(32)52)45(58-59(38)2)62-14-7-39(64)55-47(62)65/h5-6,17-20,23,29,63H,3-4,7-16,21-22,24-27H2,1-2H3,(H,55,64,65)/t29?,49?,50-/m0/s1. The van der Waals surface area contributed by atoms with E-state index in [1.165, 1.54) is 23.1 Å². The first-order chi connectivity index (χ1) is 32.3. The van der Waals surface area contributed by atoms with Crippen LogP contribution >= 0.6 is 0 Å². The maximum Gasteiger partial charge on any atom is 0.329 e. The van der Waals surface area contributed by atoms with Crippen molar-refractivity contribution in [3.8, 4) is 23.0 Å². The van der Waals surface area contributed by atoms with Crippen LogP contribution in [0.25, 0.3) is 43.8 Å². The smallest absolute Gasteiger partial charge is 0.329 e. The van der Waals surface area contributed by atoms with Crippen molar-refractivity contribution < 1.29 is 37.3 Å². The third-order valence-electron chi connectivity index (χ3n) is 15.8. The molecule has 0 bridgehead atoms. The lowest BCUT2D eigenvalue weighted by Gasteiger charge is -2.48. The van der Waals surface area contributed by atoms with Gasteiger partial charge in [0.05, 0.1) is 29.7 Å². The molecular weight excluding hydrogens is 864 g/mol. The van der Waals surface area contributed by atoms with E-state index < -0.39 is 17.7 Å². The number of hydrogen-bond donors (Lipinski definition) is 2. The number of nitrogens with zero attached hydrogens (tertiary/aromatic N) is 8. The molecule has 3 aromatic carbocycles. The number of piperidine rings is 1. The molecule has 348 valence electrons. The topological polar surface area (TPSA) is 151 Å². The minimum atomic E-state index is -0.701. The number of aryl methyl sites for hydroxylation is 2. The number of likely N-dealkylation sites (tertiary alicyclic amines) is 1. The molecule has 1 atom stereocenters. The van der Waals surface area contributed by atoms with Crippen molar-refractivity contribution in [2.24, 2.45) is 17.9 Å². The maximum atomic E-state index is 17.2. The van der Waals surface area contributed by atoms with Crippen molar-refractivity contribution in [3.05, 3.63) is 71.2 Å². The Morgan fingerprint density at radius 2 is 1.78 bits per heavy atom. The van der Waals surface area contributed by atoms with Crippen LogP contribution in [0.2, 0.25) is 0 Å². The molecule has 2 aliphatic carbocycles. The largest absolute Gasteiger partial charge is 0.508 e. The summed E-state index contributed by atoms with van der Waals surface area (Å²) in [7, 11) is 1.78. The first-order valence-electron chi connectivity index (χ1n) is 23.6. The van der Waals surface area contributed by atoms with Crippen molar-refractivity contribution in [2.45, 2.75) is 82.7 Å². The summed E-state index contributed by atoms with van der Waals surface area (Å²) < 4.78 is 62.6. The summed E-state index contributed by atoms with van der Waals surface area (Å²) in [5.74, 6) is -0.898. The Bertz CT molecular complexity index is 3060. The van der Waals surface area contributed by atoms with Crippen molar-refractivity contribution in [2.75, 3.05) is 62.3 Å². The van der Waals surface area contributed by atoms with E-state index in [-0.39, 0.29) is 75.6 Å². The number of carbonyl (C=O) groups is 2. The van der Waals surface area contributed by atoms with Crippen LogP contribution in [0.3, 0.4) is 0 Å². The second-order valence-electron chi connectivity index (χ2n) is 20.2. The third-order valence-corrected chi connectivity index (χ3v) is 15.8. The van der Waals surface area contributed by atoms with Gasteiger partial charge in [0.1, 0.15) is 34.4 Å². The number of hydrogen-bond acceptors (Lipinski definition) is 11. The fourth-order valence-electron chi connectivity index (χ4n) is 12.0. The summed E-state index contributed by atoms with van der Waals surface area (Å²) in [4.78, 5) is 44.7. The Labute approximate surface area is 384 Å². The molecule has 0 radical (unpaired) electrons. The molecule has 3 amide bonds. The average molecular weight is 916 g/mol. The van der Waals surface area contributed by atoms with Gasteiger partial charge in [-0.3, -0.25) is 24.7 Å². The molecule has 2 saturated carbocycles. The average Bonchev–Trinajstić information content (AvgIpc) is 3.81. The second kappa shape index (κ2) is 15.5. The number of phenols is 1. The van der Waals surface area contributed by atoms with Crippen LogP contribution in [-0.4, -0.2) is 105 Å². The molecule has 17 heteroatoms. The highest BCUT2D eigenvalue weighted by Crippen LogP contribution is 2.58. The van der Waals surface area contributed by atoms with Gasteiger partial charge in [-0.25, -0.2) is 18.0 Å². The number of halogens is 3. The molecule has 0 unspecified atom stereocenters. The monoisotopic (exact) mass is 915 g/mol. The van der Waals surface area contributed by atoms with Gasteiger partial charge < -0.3 is 24.4 Å². The van der Waals surface area contributed by atoms with Crippen LogP contribution in [0.15, 0.2) is 42.6 Å². The number of phenolic OH excluding ortho intramolecular Hbond substituents is 1. The molecule has 2 N–H and O–H groups in total. The zero-order chi connectivity index (χ0) is 46.0. The summed E-state index contributed by atoms with van der Waals surface area (Å²) in [6.45, 7) is 7.09. The Kier molecular flexibility index (Phi) is 9.78. The van der Waals surface area contributed by atoms with E-state index in [2.05, 4.69) is 25.2 Å². The Balaban J connectivity index is 0.778. The fourth-order valence-corrected chi connectivity index (χ4v) is 12.0. The molecule has 3 aromatic heterocycles. The van der Waals surface area contributed by atoms with Gasteiger partial charge in [-0.2, -0.15) is 15.1 Å². The van der Waals surface area contributed by atoms with Gasteiger partial charge in [-0.1, -0.05) is 13.0 Å². The zero-order valence-corrected chi connectivity index (χ0v) is 37.6. The number of aromatic nitrogens is 5. The van der Waals surface area contributed by atoms with Gasteiger partial charge >= 0.3 is 12.0 Å². The number of imide groups is 1. The normalized spacial score (nSPS) is 24.8. The molecule has 12 rings (SSSR count). The molecule has 4 aliphatic heterocycles. The molecule has 67 heavy (non-hydrogen) atoms. The highest BCUT2D eigenvalue weighted by atomic mass is 19.1. The molecule has 7 heterocycles. The van der Waals surface area contributed by atoms with Gasteiger partial charge in [0.2, 0.25) is 5.91 Å². The fraction of sp³-hybridized carbons (Fsp3) is 0.480. The van der Waals surface area contributed by atoms with E-state index >= 15 is 13.2 Å². The molecule has 6 fully saturated rings. The maximum absolute atomic E-state index is 17.2. The first-order valence-corrected chi connectivity index (χ1v) is 23.6. The van der Waals surface area contributed by atoms with Crippen molar-refractivity contribution in [1.29, 1.82) is 0 Å². The summed E-state index contributed by atoms with van der Waals surface area (Å²) in [5.41, 5.74) is 1.82. The quantitative estimate of drug-likeness (QED) is 0.137. The van der Waals surface area contributed by atoms with Crippen molar-refractivity contribution in [1.82, 2.24) is 34.9 Å². The van der Waals surface area contributed by atoms with Crippen molar-refractivity contribution >= 4 is 56.2 Å². The number of nitrogens with one attached hydrogen (secondary N) is 1. The molecule has 4 saturated heterocycles.